The van der Waals surface area contributed by atoms with E-state index >= 15 is 0 Å². The van der Waals surface area contributed by atoms with Crippen LogP contribution >= 0.6 is 0 Å². The van der Waals surface area contributed by atoms with Crippen molar-refractivity contribution < 1.29 is 0 Å². The van der Waals surface area contributed by atoms with E-state index in [9.17, 15) is 0 Å². The predicted octanol–water partition coefficient (Wildman–Crippen LogP) is 2.22. The molecule has 0 saturated heterocycles. The summed E-state index contributed by atoms with van der Waals surface area (Å²) in [5.41, 5.74) is 0.821. The number of anilines is 1. The van der Waals surface area contributed by atoms with Crippen molar-refractivity contribution in [2.45, 2.75) is 20.3 Å². The molecule has 0 bridgehead atoms. The molecule has 74 valence electrons. The first-order chi connectivity index (χ1) is 6.72. The van der Waals surface area contributed by atoms with Crippen molar-refractivity contribution in [1.29, 1.82) is 5.26 Å². The molecule has 0 aliphatic carbocycles. The lowest BCUT2D eigenvalue weighted by Gasteiger charge is -2.08. The molecule has 0 atom stereocenters. The molecule has 0 aromatic carbocycles. The number of nitrogens with zero attached hydrogens (tertiary/aromatic N) is 2. The van der Waals surface area contributed by atoms with Crippen LogP contribution in [0.25, 0.3) is 0 Å². The van der Waals surface area contributed by atoms with Gasteiger partial charge in [0, 0.05) is 6.54 Å². The quantitative estimate of drug-likeness (QED) is 0.790. The van der Waals surface area contributed by atoms with Crippen LogP contribution in [0.2, 0.25) is 0 Å². The first-order valence-corrected chi connectivity index (χ1v) is 4.79. The molecule has 0 radical (unpaired) electrons. The molecular weight excluding hydrogens is 174 g/mol. The van der Waals surface area contributed by atoms with Crippen molar-refractivity contribution in [2.75, 3.05) is 11.9 Å². The first kappa shape index (κ1) is 10.5. The fraction of sp³-hybridized carbons (Fsp3) is 0.455. The van der Waals surface area contributed by atoms with Gasteiger partial charge in [-0.05, 0) is 18.1 Å². The molecule has 14 heavy (non-hydrogen) atoms. The third-order valence-corrected chi connectivity index (χ3v) is 1.76. The largest absolute Gasteiger partial charge is 0.370 e. The van der Waals surface area contributed by atoms with Crippen LogP contribution in [0.15, 0.2) is 18.2 Å². The molecule has 0 saturated carbocycles. The van der Waals surface area contributed by atoms with E-state index in [1.807, 2.05) is 18.2 Å². The Morgan fingerprint density at radius 1 is 1.50 bits per heavy atom. The van der Waals surface area contributed by atoms with Crippen LogP contribution in [0.4, 0.5) is 5.82 Å². The van der Waals surface area contributed by atoms with E-state index in [2.05, 4.69) is 30.2 Å². The Kier molecular flexibility index (Phi) is 3.93. The van der Waals surface area contributed by atoms with E-state index in [1.54, 1.807) is 0 Å². The molecule has 0 aliphatic heterocycles. The molecule has 1 aromatic heterocycles. The highest BCUT2D eigenvalue weighted by atomic mass is 15.0. The maximum Gasteiger partial charge on any atom is 0.126 e. The average molecular weight is 189 g/mol. The smallest absolute Gasteiger partial charge is 0.126 e. The van der Waals surface area contributed by atoms with Crippen LogP contribution in [-0.4, -0.2) is 11.5 Å². The second kappa shape index (κ2) is 5.23. The third kappa shape index (κ3) is 3.44. The second-order valence-electron chi connectivity index (χ2n) is 3.62. The Hall–Kier alpha value is -1.56. The van der Waals surface area contributed by atoms with Gasteiger partial charge in [-0.15, -0.1) is 0 Å². The number of pyridine rings is 1. The molecule has 0 unspecified atom stereocenters. The standard InChI is InChI=1S/C11H15N3/c1-9(2)8-13-11-5-3-4-10(14-11)6-7-12/h3-5,9H,6,8H2,1-2H3,(H,13,14). The van der Waals surface area contributed by atoms with Crippen molar-refractivity contribution in [3.8, 4) is 6.07 Å². The van der Waals surface area contributed by atoms with Crippen LogP contribution in [0.1, 0.15) is 19.5 Å². The van der Waals surface area contributed by atoms with Gasteiger partial charge in [0.25, 0.3) is 0 Å². The summed E-state index contributed by atoms with van der Waals surface area (Å²) in [6.45, 7) is 5.20. The monoisotopic (exact) mass is 189 g/mol. The summed E-state index contributed by atoms with van der Waals surface area (Å²) in [4.78, 5) is 4.30. The Bertz CT molecular complexity index is 326. The van der Waals surface area contributed by atoms with Gasteiger partial charge in [-0.2, -0.15) is 5.26 Å². The van der Waals surface area contributed by atoms with Crippen LogP contribution in [0, 0.1) is 17.2 Å². The first-order valence-electron chi connectivity index (χ1n) is 4.79. The normalized spacial score (nSPS) is 9.86. The van der Waals surface area contributed by atoms with E-state index in [0.29, 0.717) is 12.3 Å². The molecule has 0 amide bonds. The van der Waals surface area contributed by atoms with Gasteiger partial charge in [0.1, 0.15) is 5.82 Å². The molecule has 1 heterocycles. The predicted molar refractivity (Wildman–Crippen MR) is 56.9 cm³/mol. The van der Waals surface area contributed by atoms with Gasteiger partial charge in [0.15, 0.2) is 0 Å². The topological polar surface area (TPSA) is 48.7 Å². The summed E-state index contributed by atoms with van der Waals surface area (Å²) < 4.78 is 0. The third-order valence-electron chi connectivity index (χ3n) is 1.76. The molecule has 0 fully saturated rings. The maximum atomic E-state index is 8.52. The number of nitrogens with one attached hydrogen (secondary N) is 1. The Morgan fingerprint density at radius 3 is 2.93 bits per heavy atom. The van der Waals surface area contributed by atoms with Gasteiger partial charge in [-0.3, -0.25) is 0 Å². The fourth-order valence-corrected chi connectivity index (χ4v) is 1.07. The van der Waals surface area contributed by atoms with Gasteiger partial charge < -0.3 is 5.32 Å². The minimum Gasteiger partial charge on any atom is -0.370 e. The van der Waals surface area contributed by atoms with E-state index in [1.165, 1.54) is 0 Å². The summed E-state index contributed by atoms with van der Waals surface area (Å²) in [5.74, 6) is 1.45. The molecule has 1 rings (SSSR count). The minimum absolute atomic E-state index is 0.372. The van der Waals surface area contributed by atoms with Crippen LogP contribution < -0.4 is 5.32 Å². The molecule has 3 heteroatoms. The van der Waals surface area contributed by atoms with E-state index in [-0.39, 0.29) is 0 Å². The number of nitriles is 1. The zero-order chi connectivity index (χ0) is 10.4. The highest BCUT2D eigenvalue weighted by molar-refractivity contribution is 5.35. The average Bonchev–Trinajstić information content (AvgIpc) is 2.16. The number of aromatic nitrogens is 1. The minimum atomic E-state index is 0.372. The van der Waals surface area contributed by atoms with Gasteiger partial charge in [-0.25, -0.2) is 4.98 Å². The fourth-order valence-electron chi connectivity index (χ4n) is 1.07. The van der Waals surface area contributed by atoms with Gasteiger partial charge >= 0.3 is 0 Å². The summed E-state index contributed by atoms with van der Waals surface area (Å²) >= 11 is 0. The second-order valence-corrected chi connectivity index (χ2v) is 3.62. The molecule has 0 spiro atoms. The molecular formula is C11H15N3. The summed E-state index contributed by atoms with van der Waals surface area (Å²) in [6.07, 6.45) is 0.372. The van der Waals surface area contributed by atoms with Crippen molar-refractivity contribution >= 4 is 5.82 Å². The van der Waals surface area contributed by atoms with Gasteiger partial charge in [-0.1, -0.05) is 19.9 Å². The maximum absolute atomic E-state index is 8.52. The van der Waals surface area contributed by atoms with Crippen molar-refractivity contribution in [1.82, 2.24) is 4.98 Å². The Labute approximate surface area is 84.8 Å². The lowest BCUT2D eigenvalue weighted by Crippen LogP contribution is -2.09. The zero-order valence-electron chi connectivity index (χ0n) is 8.62. The van der Waals surface area contributed by atoms with E-state index in [4.69, 9.17) is 5.26 Å². The zero-order valence-corrected chi connectivity index (χ0v) is 8.62. The van der Waals surface area contributed by atoms with Crippen molar-refractivity contribution in [3.05, 3.63) is 23.9 Å². The number of hydrogen-bond acceptors (Lipinski definition) is 3. The highest BCUT2D eigenvalue weighted by Crippen LogP contribution is 2.06. The van der Waals surface area contributed by atoms with Crippen LogP contribution in [0.5, 0.6) is 0 Å². The SMILES string of the molecule is CC(C)CNc1cccc(CC#N)n1. The van der Waals surface area contributed by atoms with Crippen LogP contribution in [-0.2, 0) is 6.42 Å². The molecule has 0 aliphatic rings. The van der Waals surface area contributed by atoms with Crippen molar-refractivity contribution in [2.24, 2.45) is 5.92 Å². The summed E-state index contributed by atoms with van der Waals surface area (Å²) in [6, 6.07) is 7.79. The number of hydrogen-bond donors (Lipinski definition) is 1. The van der Waals surface area contributed by atoms with E-state index in [0.717, 1.165) is 18.1 Å². The lowest BCUT2D eigenvalue weighted by molar-refractivity contribution is 0.686. The van der Waals surface area contributed by atoms with E-state index < -0.39 is 0 Å². The highest BCUT2D eigenvalue weighted by Gasteiger charge is 1.98. The molecule has 3 nitrogen and oxygen atoms in total. The lowest BCUT2D eigenvalue weighted by atomic mass is 10.2. The van der Waals surface area contributed by atoms with Gasteiger partial charge in [0.05, 0.1) is 18.2 Å². The van der Waals surface area contributed by atoms with Crippen molar-refractivity contribution in [3.63, 3.8) is 0 Å². The number of rotatable bonds is 4. The summed E-state index contributed by atoms with van der Waals surface area (Å²) in [7, 11) is 0. The molecule has 1 N–H and O–H groups in total. The Morgan fingerprint density at radius 2 is 2.29 bits per heavy atom. The van der Waals surface area contributed by atoms with Gasteiger partial charge in [0.2, 0.25) is 0 Å². The Balaban J connectivity index is 2.60. The summed E-state index contributed by atoms with van der Waals surface area (Å²) in [5, 5.41) is 11.7. The molecule has 1 aromatic rings. The van der Waals surface area contributed by atoms with Crippen LogP contribution in [0.3, 0.4) is 0 Å².